The van der Waals surface area contributed by atoms with Crippen molar-refractivity contribution in [1.82, 2.24) is 10.3 Å². The Labute approximate surface area is 167 Å². The molecule has 1 aliphatic rings. The summed E-state index contributed by atoms with van der Waals surface area (Å²) < 4.78 is 0. The second-order valence-electron chi connectivity index (χ2n) is 6.91. The Balaban J connectivity index is 1.43. The SMILES string of the molecule is NCC(NC(=O)Cc1csc(N2CCCC2=O)n1)c1ccc2ccccc2c1. The van der Waals surface area contributed by atoms with E-state index in [9.17, 15) is 9.59 Å². The zero-order valence-corrected chi connectivity index (χ0v) is 16.2. The fraction of sp³-hybridized carbons (Fsp3) is 0.286. The van der Waals surface area contributed by atoms with Crippen molar-refractivity contribution in [2.24, 2.45) is 5.73 Å². The van der Waals surface area contributed by atoms with E-state index in [0.717, 1.165) is 22.8 Å². The number of hydrogen-bond acceptors (Lipinski definition) is 5. The standard InChI is InChI=1S/C21H22N4O2S/c22-12-18(16-8-7-14-4-1-2-5-15(14)10-16)24-19(26)11-17-13-28-21(23-17)25-9-3-6-20(25)27/h1-2,4-5,7-8,10,13,18H,3,6,9,11-12,22H2,(H,24,26). The van der Waals surface area contributed by atoms with Crippen molar-refractivity contribution in [3.63, 3.8) is 0 Å². The first-order valence-corrected chi connectivity index (χ1v) is 10.2. The topological polar surface area (TPSA) is 88.3 Å². The monoisotopic (exact) mass is 394 g/mol. The van der Waals surface area contributed by atoms with Gasteiger partial charge >= 0.3 is 0 Å². The predicted molar refractivity (Wildman–Crippen MR) is 111 cm³/mol. The third-order valence-corrected chi connectivity index (χ3v) is 5.84. The molecule has 4 rings (SSSR count). The molecule has 144 valence electrons. The third-order valence-electron chi connectivity index (χ3n) is 4.93. The van der Waals surface area contributed by atoms with E-state index >= 15 is 0 Å². The average Bonchev–Trinajstić information content (AvgIpc) is 3.34. The smallest absolute Gasteiger partial charge is 0.228 e. The van der Waals surface area contributed by atoms with Crippen LogP contribution in [0.15, 0.2) is 47.8 Å². The molecule has 1 atom stereocenters. The number of carbonyl (C=O) groups excluding carboxylic acids is 2. The van der Waals surface area contributed by atoms with Gasteiger partial charge in [-0.05, 0) is 28.8 Å². The van der Waals surface area contributed by atoms with Crippen LogP contribution in [0.1, 0.15) is 30.1 Å². The van der Waals surface area contributed by atoms with Gasteiger partial charge in [-0.1, -0.05) is 36.4 Å². The van der Waals surface area contributed by atoms with E-state index in [1.807, 2.05) is 35.7 Å². The van der Waals surface area contributed by atoms with Crippen molar-refractivity contribution < 1.29 is 9.59 Å². The number of fused-ring (bicyclic) bond motifs is 1. The molecule has 3 aromatic rings. The molecule has 2 amide bonds. The van der Waals surface area contributed by atoms with Crippen molar-refractivity contribution in [2.45, 2.75) is 25.3 Å². The molecule has 2 aromatic carbocycles. The number of carbonyl (C=O) groups is 2. The Bertz CT molecular complexity index is 1020. The number of rotatable bonds is 6. The molecule has 1 aromatic heterocycles. The highest BCUT2D eigenvalue weighted by Gasteiger charge is 2.24. The Kier molecular flexibility index (Phi) is 5.36. The predicted octanol–water partition coefficient (Wildman–Crippen LogP) is 2.78. The molecule has 1 saturated heterocycles. The van der Waals surface area contributed by atoms with Crippen LogP contribution in [0.5, 0.6) is 0 Å². The lowest BCUT2D eigenvalue weighted by molar-refractivity contribution is -0.121. The number of anilines is 1. The van der Waals surface area contributed by atoms with Crippen LogP contribution in [0.2, 0.25) is 0 Å². The Morgan fingerprint density at radius 2 is 2.07 bits per heavy atom. The Hall–Kier alpha value is -2.77. The van der Waals surface area contributed by atoms with E-state index in [4.69, 9.17) is 5.73 Å². The molecule has 1 unspecified atom stereocenters. The number of aromatic nitrogens is 1. The largest absolute Gasteiger partial charge is 0.348 e. The van der Waals surface area contributed by atoms with Gasteiger partial charge in [-0.2, -0.15) is 0 Å². The van der Waals surface area contributed by atoms with Gasteiger partial charge in [0, 0.05) is 24.9 Å². The first-order valence-electron chi connectivity index (χ1n) is 9.37. The Morgan fingerprint density at radius 1 is 1.25 bits per heavy atom. The summed E-state index contributed by atoms with van der Waals surface area (Å²) in [7, 11) is 0. The van der Waals surface area contributed by atoms with Gasteiger partial charge in [0.15, 0.2) is 5.13 Å². The van der Waals surface area contributed by atoms with E-state index < -0.39 is 0 Å². The van der Waals surface area contributed by atoms with Crippen LogP contribution in [-0.2, 0) is 16.0 Å². The van der Waals surface area contributed by atoms with Gasteiger partial charge in [0.1, 0.15) is 0 Å². The number of nitrogens with two attached hydrogens (primary N) is 1. The molecule has 1 fully saturated rings. The molecule has 6 nitrogen and oxygen atoms in total. The first kappa shape index (κ1) is 18.6. The van der Waals surface area contributed by atoms with Gasteiger partial charge in [-0.15, -0.1) is 11.3 Å². The summed E-state index contributed by atoms with van der Waals surface area (Å²) in [5.74, 6) is -0.0296. The van der Waals surface area contributed by atoms with Crippen molar-refractivity contribution in [3.05, 3.63) is 59.1 Å². The third kappa shape index (κ3) is 3.90. The number of thiazole rings is 1. The first-order chi connectivity index (χ1) is 13.6. The lowest BCUT2D eigenvalue weighted by Gasteiger charge is -2.18. The molecule has 3 N–H and O–H groups in total. The quantitative estimate of drug-likeness (QED) is 0.673. The van der Waals surface area contributed by atoms with Gasteiger partial charge in [0.2, 0.25) is 11.8 Å². The maximum atomic E-state index is 12.5. The lowest BCUT2D eigenvalue weighted by Crippen LogP contribution is -2.34. The highest BCUT2D eigenvalue weighted by Crippen LogP contribution is 2.25. The van der Waals surface area contributed by atoms with Gasteiger partial charge in [-0.25, -0.2) is 4.98 Å². The van der Waals surface area contributed by atoms with Crippen LogP contribution in [0.3, 0.4) is 0 Å². The highest BCUT2D eigenvalue weighted by molar-refractivity contribution is 7.14. The van der Waals surface area contributed by atoms with E-state index in [1.54, 1.807) is 4.90 Å². The van der Waals surface area contributed by atoms with Crippen molar-refractivity contribution in [1.29, 1.82) is 0 Å². The fourth-order valence-electron chi connectivity index (χ4n) is 3.46. The van der Waals surface area contributed by atoms with Gasteiger partial charge < -0.3 is 11.1 Å². The summed E-state index contributed by atoms with van der Waals surface area (Å²) in [6.07, 6.45) is 1.60. The van der Waals surface area contributed by atoms with Crippen LogP contribution >= 0.6 is 11.3 Å². The summed E-state index contributed by atoms with van der Waals surface area (Å²) in [5, 5.41) is 7.79. The molecule has 7 heteroatoms. The van der Waals surface area contributed by atoms with Gasteiger partial charge in [0.25, 0.3) is 0 Å². The summed E-state index contributed by atoms with van der Waals surface area (Å²) in [5.41, 5.74) is 7.58. The molecular weight excluding hydrogens is 372 g/mol. The second kappa shape index (κ2) is 8.08. The number of nitrogens with zero attached hydrogens (tertiary/aromatic N) is 2. The minimum absolute atomic E-state index is 0.102. The van der Waals surface area contributed by atoms with E-state index in [2.05, 4.69) is 22.4 Å². The zero-order chi connectivity index (χ0) is 19.5. The van der Waals surface area contributed by atoms with E-state index in [0.29, 0.717) is 30.3 Å². The molecule has 0 radical (unpaired) electrons. The zero-order valence-electron chi connectivity index (χ0n) is 15.4. The maximum Gasteiger partial charge on any atom is 0.228 e. The number of benzene rings is 2. The van der Waals surface area contributed by atoms with Crippen LogP contribution in [0, 0.1) is 0 Å². The van der Waals surface area contributed by atoms with Gasteiger partial charge in [0.05, 0.1) is 18.2 Å². The second-order valence-corrected chi connectivity index (χ2v) is 7.75. The molecule has 0 bridgehead atoms. The lowest BCUT2D eigenvalue weighted by atomic mass is 10.0. The van der Waals surface area contributed by atoms with Crippen molar-refractivity contribution >= 4 is 39.1 Å². The molecular formula is C21H22N4O2S. The molecule has 28 heavy (non-hydrogen) atoms. The van der Waals surface area contributed by atoms with Crippen LogP contribution in [-0.4, -0.2) is 29.9 Å². The minimum atomic E-state index is -0.254. The summed E-state index contributed by atoms with van der Waals surface area (Å²) in [4.78, 5) is 30.5. The fourth-order valence-corrected chi connectivity index (χ4v) is 4.33. The molecule has 0 aliphatic carbocycles. The summed E-state index contributed by atoms with van der Waals surface area (Å²) in [6.45, 7) is 1.02. The average molecular weight is 395 g/mol. The van der Waals surface area contributed by atoms with Crippen LogP contribution in [0.4, 0.5) is 5.13 Å². The maximum absolute atomic E-state index is 12.5. The summed E-state index contributed by atoms with van der Waals surface area (Å²) >= 11 is 1.40. The van der Waals surface area contributed by atoms with Crippen molar-refractivity contribution in [3.8, 4) is 0 Å². The number of hydrogen-bond donors (Lipinski definition) is 2. The Morgan fingerprint density at radius 3 is 2.82 bits per heavy atom. The molecule has 1 aliphatic heterocycles. The highest BCUT2D eigenvalue weighted by atomic mass is 32.1. The summed E-state index contributed by atoms with van der Waals surface area (Å²) in [6, 6.07) is 13.9. The number of nitrogens with one attached hydrogen (secondary N) is 1. The van der Waals surface area contributed by atoms with E-state index in [-0.39, 0.29) is 24.3 Å². The molecule has 0 saturated carbocycles. The van der Waals surface area contributed by atoms with Crippen LogP contribution < -0.4 is 16.0 Å². The van der Waals surface area contributed by atoms with E-state index in [1.165, 1.54) is 11.3 Å². The normalized spacial score (nSPS) is 15.2. The molecule has 0 spiro atoms. The number of amides is 2. The van der Waals surface area contributed by atoms with Crippen molar-refractivity contribution in [2.75, 3.05) is 18.0 Å². The van der Waals surface area contributed by atoms with Gasteiger partial charge in [-0.3, -0.25) is 14.5 Å². The van der Waals surface area contributed by atoms with Crippen LogP contribution in [0.25, 0.3) is 10.8 Å². The molecule has 2 heterocycles. The minimum Gasteiger partial charge on any atom is -0.348 e.